The van der Waals surface area contributed by atoms with Crippen LogP contribution in [0.1, 0.15) is 49.4 Å². The van der Waals surface area contributed by atoms with Crippen molar-refractivity contribution < 1.29 is 19.0 Å². The fourth-order valence-electron chi connectivity index (χ4n) is 4.79. The van der Waals surface area contributed by atoms with Gasteiger partial charge < -0.3 is 24.8 Å². The van der Waals surface area contributed by atoms with Gasteiger partial charge in [-0.05, 0) is 70.9 Å². The molecule has 0 amide bonds. The number of allylic oxidation sites excluding steroid dienone is 1. The maximum Gasteiger partial charge on any atom is 0.204 e. The Morgan fingerprint density at radius 2 is 1.58 bits per heavy atom. The van der Waals surface area contributed by atoms with E-state index in [0.29, 0.717) is 23.7 Å². The van der Waals surface area contributed by atoms with Crippen molar-refractivity contribution in [3.8, 4) is 17.2 Å². The molecule has 2 aliphatic rings. The van der Waals surface area contributed by atoms with Gasteiger partial charge in [0.1, 0.15) is 0 Å². The minimum Gasteiger partial charge on any atom is -0.493 e. The van der Waals surface area contributed by atoms with Gasteiger partial charge in [-0.15, -0.1) is 0 Å². The number of anilines is 2. The van der Waals surface area contributed by atoms with Crippen LogP contribution in [0.15, 0.2) is 33.9 Å². The average Bonchev–Trinajstić information content (AvgIpc) is 2.89. The van der Waals surface area contributed by atoms with E-state index in [4.69, 9.17) is 14.2 Å². The number of rotatable bonds is 4. The SMILES string of the molecule is COc1cc([C@@H]2Nc3cc(C)c(C)cc3NC3=C2C(=O)CC(C)(C)C3)c(Br)c(OC)c1OC. The lowest BCUT2D eigenvalue weighted by Crippen LogP contribution is -2.31. The van der Waals surface area contributed by atoms with Crippen LogP contribution < -0.4 is 24.8 Å². The molecule has 4 rings (SSSR count). The number of nitrogens with one attached hydrogen (secondary N) is 2. The summed E-state index contributed by atoms with van der Waals surface area (Å²) in [6, 6.07) is 5.78. The van der Waals surface area contributed by atoms with E-state index in [0.717, 1.165) is 39.1 Å². The number of halogens is 1. The van der Waals surface area contributed by atoms with Crippen LogP contribution in [-0.2, 0) is 4.79 Å². The smallest absolute Gasteiger partial charge is 0.204 e. The van der Waals surface area contributed by atoms with Crippen molar-refractivity contribution in [1.82, 2.24) is 0 Å². The Kier molecular flexibility index (Phi) is 6.12. The molecule has 1 aliphatic carbocycles. The molecule has 2 N–H and O–H groups in total. The van der Waals surface area contributed by atoms with Crippen molar-refractivity contribution in [3.63, 3.8) is 0 Å². The number of ketones is 1. The monoisotopic (exact) mass is 514 g/mol. The molecule has 33 heavy (non-hydrogen) atoms. The molecule has 0 fully saturated rings. The summed E-state index contributed by atoms with van der Waals surface area (Å²) >= 11 is 3.73. The van der Waals surface area contributed by atoms with E-state index in [-0.39, 0.29) is 11.2 Å². The Morgan fingerprint density at radius 3 is 2.18 bits per heavy atom. The number of carbonyl (C=O) groups excluding carboxylic acids is 1. The van der Waals surface area contributed by atoms with Crippen LogP contribution >= 0.6 is 15.9 Å². The van der Waals surface area contributed by atoms with Crippen molar-refractivity contribution >= 4 is 33.1 Å². The summed E-state index contributed by atoms with van der Waals surface area (Å²) in [6.07, 6.45) is 1.27. The zero-order valence-corrected chi connectivity index (χ0v) is 21.8. The lowest BCUT2D eigenvalue weighted by atomic mass is 9.73. The summed E-state index contributed by atoms with van der Waals surface area (Å²) in [5.41, 5.74) is 6.72. The van der Waals surface area contributed by atoms with Crippen LogP contribution in [0.2, 0.25) is 0 Å². The Balaban J connectivity index is 1.99. The highest BCUT2D eigenvalue weighted by molar-refractivity contribution is 9.10. The highest BCUT2D eigenvalue weighted by Gasteiger charge is 2.40. The fourth-order valence-corrected chi connectivity index (χ4v) is 5.48. The van der Waals surface area contributed by atoms with Crippen molar-refractivity contribution in [2.24, 2.45) is 5.41 Å². The summed E-state index contributed by atoms with van der Waals surface area (Å²) in [5, 5.41) is 7.27. The molecule has 2 aromatic carbocycles. The minimum atomic E-state index is -0.400. The van der Waals surface area contributed by atoms with Gasteiger partial charge in [-0.25, -0.2) is 0 Å². The second-order valence-corrected chi connectivity index (χ2v) is 10.4. The number of fused-ring (bicyclic) bond motifs is 1. The summed E-state index contributed by atoms with van der Waals surface area (Å²) in [6.45, 7) is 8.47. The van der Waals surface area contributed by atoms with Crippen LogP contribution in [0, 0.1) is 19.3 Å². The topological polar surface area (TPSA) is 68.8 Å². The summed E-state index contributed by atoms with van der Waals surface area (Å²) in [4.78, 5) is 13.6. The first-order valence-electron chi connectivity index (χ1n) is 11.0. The summed E-state index contributed by atoms with van der Waals surface area (Å²) in [7, 11) is 4.76. The van der Waals surface area contributed by atoms with Crippen LogP contribution in [0.5, 0.6) is 17.2 Å². The van der Waals surface area contributed by atoms with Gasteiger partial charge in [-0.2, -0.15) is 0 Å². The van der Waals surface area contributed by atoms with Crippen molar-refractivity contribution in [3.05, 3.63) is 50.6 Å². The molecule has 2 aromatic rings. The number of ether oxygens (including phenoxy) is 3. The highest BCUT2D eigenvalue weighted by atomic mass is 79.9. The van der Waals surface area contributed by atoms with Gasteiger partial charge in [0, 0.05) is 23.3 Å². The summed E-state index contributed by atoms with van der Waals surface area (Å²) < 4.78 is 17.6. The molecular weight excluding hydrogens is 484 g/mol. The Labute approximate surface area is 203 Å². The lowest BCUT2D eigenvalue weighted by molar-refractivity contribution is -0.118. The molecule has 0 bridgehead atoms. The molecular formula is C26H31BrN2O4. The van der Waals surface area contributed by atoms with Gasteiger partial charge in [-0.1, -0.05) is 13.8 Å². The van der Waals surface area contributed by atoms with Crippen LogP contribution in [0.4, 0.5) is 11.4 Å². The maximum absolute atomic E-state index is 13.6. The fraction of sp³-hybridized carbons (Fsp3) is 0.423. The van der Waals surface area contributed by atoms with Crippen molar-refractivity contribution in [1.29, 1.82) is 0 Å². The van der Waals surface area contributed by atoms with Gasteiger partial charge in [0.05, 0.1) is 43.2 Å². The first-order chi connectivity index (χ1) is 15.6. The molecule has 0 saturated carbocycles. The number of hydrogen-bond acceptors (Lipinski definition) is 6. The lowest BCUT2D eigenvalue weighted by Gasteiger charge is -2.34. The van der Waals surface area contributed by atoms with E-state index < -0.39 is 6.04 Å². The van der Waals surface area contributed by atoms with Gasteiger partial charge in [-0.3, -0.25) is 4.79 Å². The molecule has 0 radical (unpaired) electrons. The van der Waals surface area contributed by atoms with E-state index in [9.17, 15) is 4.79 Å². The molecule has 0 saturated heterocycles. The number of Topliss-reactive ketones (excluding diaryl/α,β-unsaturated/α-hetero) is 1. The predicted octanol–water partition coefficient (Wildman–Crippen LogP) is 6.31. The molecule has 1 aliphatic heterocycles. The number of benzene rings is 2. The molecule has 0 unspecified atom stereocenters. The molecule has 1 atom stereocenters. The first kappa shape index (κ1) is 23.5. The molecule has 6 nitrogen and oxygen atoms in total. The third-order valence-corrected chi connectivity index (χ3v) is 7.35. The second-order valence-electron chi connectivity index (χ2n) is 9.57. The quantitative estimate of drug-likeness (QED) is 0.497. The van der Waals surface area contributed by atoms with Gasteiger partial charge in [0.15, 0.2) is 17.3 Å². The molecule has 1 heterocycles. The van der Waals surface area contributed by atoms with E-state index in [1.165, 1.54) is 11.1 Å². The van der Waals surface area contributed by atoms with Gasteiger partial charge in [0.25, 0.3) is 0 Å². The van der Waals surface area contributed by atoms with Crippen molar-refractivity contribution in [2.75, 3.05) is 32.0 Å². The average molecular weight is 515 g/mol. The standard InChI is InChI=1S/C26H31BrN2O4/c1-13-8-16-17(9-14(13)2)29-23(21-18(28-16)11-26(3,4)12-19(21)30)15-10-20(31-5)24(32-6)25(33-7)22(15)27/h8-10,23,28-29H,11-12H2,1-7H3/t23-/m0/s1. The van der Waals surface area contributed by atoms with E-state index in [1.54, 1.807) is 21.3 Å². The van der Waals surface area contributed by atoms with Crippen molar-refractivity contribution in [2.45, 2.75) is 46.6 Å². The number of aryl methyl sites for hydroxylation is 2. The molecule has 0 aromatic heterocycles. The number of hydrogen-bond donors (Lipinski definition) is 2. The Bertz CT molecular complexity index is 1170. The Hall–Kier alpha value is -2.67. The predicted molar refractivity (Wildman–Crippen MR) is 135 cm³/mol. The summed E-state index contributed by atoms with van der Waals surface area (Å²) in [5.74, 6) is 1.70. The maximum atomic E-state index is 13.6. The first-order valence-corrected chi connectivity index (χ1v) is 11.8. The largest absolute Gasteiger partial charge is 0.493 e. The van der Waals surface area contributed by atoms with E-state index >= 15 is 0 Å². The Morgan fingerprint density at radius 1 is 0.939 bits per heavy atom. The molecule has 176 valence electrons. The highest BCUT2D eigenvalue weighted by Crippen LogP contribution is 2.51. The van der Waals surface area contributed by atoms with E-state index in [1.807, 2.05) is 6.07 Å². The molecule has 0 spiro atoms. The van der Waals surface area contributed by atoms with Crippen LogP contribution in [-0.4, -0.2) is 27.1 Å². The van der Waals surface area contributed by atoms with E-state index in [2.05, 4.69) is 66.4 Å². The van der Waals surface area contributed by atoms with Crippen LogP contribution in [0.3, 0.4) is 0 Å². The third-order valence-electron chi connectivity index (χ3n) is 6.54. The minimum absolute atomic E-state index is 0.121. The molecule has 7 heteroatoms. The third kappa shape index (κ3) is 4.07. The normalized spacial score (nSPS) is 19.0. The second kappa shape index (κ2) is 8.60. The number of carbonyl (C=O) groups is 1. The zero-order valence-electron chi connectivity index (χ0n) is 20.2. The zero-order chi connectivity index (χ0) is 24.1. The van der Waals surface area contributed by atoms with Crippen LogP contribution in [0.25, 0.3) is 0 Å². The number of methoxy groups -OCH3 is 3. The van der Waals surface area contributed by atoms with Gasteiger partial charge in [0.2, 0.25) is 5.75 Å². The van der Waals surface area contributed by atoms with Gasteiger partial charge >= 0.3 is 0 Å².